The predicted molar refractivity (Wildman–Crippen MR) is 10.9 cm³/mol. The second-order valence-electron chi connectivity index (χ2n) is 0.491. The Morgan fingerprint density at radius 3 is 1.50 bits per heavy atom. The summed E-state index contributed by atoms with van der Waals surface area (Å²) in [7, 11) is 0. The molecule has 4 nitrogen and oxygen atoms in total. The van der Waals surface area contributed by atoms with Gasteiger partial charge in [-0.1, -0.05) is 0 Å². The zero-order chi connectivity index (χ0) is 4.50. The molecule has 0 saturated heterocycles. The van der Waals surface area contributed by atoms with E-state index in [1.807, 2.05) is 0 Å². The molecule has 0 bridgehead atoms. The van der Waals surface area contributed by atoms with Gasteiger partial charge in [0.2, 0.25) is 0 Å². The van der Waals surface area contributed by atoms with Crippen molar-refractivity contribution in [3.63, 3.8) is 0 Å². The van der Waals surface area contributed by atoms with Gasteiger partial charge >= 0.3 is 47.6 Å². The summed E-state index contributed by atoms with van der Waals surface area (Å²) >= 11 is -5.38. The van der Waals surface area contributed by atoms with Gasteiger partial charge in [0.05, 0.1) is 0 Å². The summed E-state index contributed by atoms with van der Waals surface area (Å²) < 4.78 is 31.9. The van der Waals surface area contributed by atoms with E-state index in [1.165, 1.54) is 0 Å². The Labute approximate surface area is 48.0 Å². The molecule has 0 amide bonds. The maximum Gasteiger partial charge on any atom is 1.00 e. The molecule has 6 heavy (non-hydrogen) atoms. The molecule has 0 aliphatic carbocycles. The molecule has 0 saturated carbocycles. The smallest absolute Gasteiger partial charge is 1.00 e. The van der Waals surface area contributed by atoms with Crippen molar-refractivity contribution < 1.29 is 33.1 Å². The van der Waals surface area contributed by atoms with Crippen LogP contribution in [0.5, 0.6) is 0 Å². The first-order valence-corrected chi connectivity index (χ1v) is 3.98. The Bertz CT molecular complexity index is 53.7. The molecule has 0 fully saturated rings. The average Bonchev–Trinajstić information content (AvgIpc) is 0.722. The first-order valence-electron chi connectivity index (χ1n) is 0.765. The van der Waals surface area contributed by atoms with Crippen LogP contribution < -0.4 is 4.10 Å². The van der Waals surface area contributed by atoms with Gasteiger partial charge in [0.1, 0.15) is 0 Å². The molecule has 0 atom stereocenters. The fourth-order valence-electron chi connectivity index (χ4n) is 0. The van der Waals surface area contributed by atoms with E-state index < -0.39 is 14.5 Å². The van der Waals surface area contributed by atoms with Crippen LogP contribution in [-0.4, -0.2) is 22.7 Å². The molecule has 0 aromatic carbocycles. The monoisotopic (exact) mass is 204 g/mol. The first kappa shape index (κ1) is 9.90. The molecular weight excluding hydrogens is 202 g/mol. The summed E-state index contributed by atoms with van der Waals surface area (Å²) in [5.74, 6) is 0. The Hall–Kier alpha value is 0.758. The van der Waals surface area contributed by atoms with Gasteiger partial charge in [0.15, 0.2) is 0 Å². The molecule has 2 N–H and O–H groups in total. The zero-order valence-corrected chi connectivity index (χ0v) is 5.28. The molecule has 0 aromatic heterocycles. The molecule has 42 valence electrons. The fourth-order valence-corrected chi connectivity index (χ4v) is 0. The molecule has 0 unspecified atom stereocenters. The Morgan fingerprint density at radius 1 is 1.50 bits per heavy atom. The van der Waals surface area contributed by atoms with Crippen LogP contribution in [0.1, 0.15) is 0 Å². The molecule has 0 rings (SSSR count). The maximum atomic E-state index is 8.83. The first-order chi connectivity index (χ1) is 2.00. The van der Waals surface area contributed by atoms with Crippen molar-refractivity contribution in [1.82, 2.24) is 0 Å². The summed E-state index contributed by atoms with van der Waals surface area (Å²) in [6.07, 6.45) is 0. The summed E-state index contributed by atoms with van der Waals surface area (Å²) in [5.41, 5.74) is 0. The minimum Gasteiger partial charge on any atom is 1.00 e. The van der Waals surface area contributed by atoms with Crippen LogP contribution in [0.2, 0.25) is 0 Å². The summed E-state index contributed by atoms with van der Waals surface area (Å²) in [4.78, 5) is 0. The largest absolute Gasteiger partial charge is 1.00 e. The van der Waals surface area contributed by atoms with E-state index in [1.54, 1.807) is 0 Å². The molecule has 0 heterocycles. The van der Waals surface area contributed by atoms with E-state index in [-0.39, 0.29) is 17.1 Å². The van der Waals surface area contributed by atoms with Crippen LogP contribution in [0.25, 0.3) is 0 Å². The van der Waals surface area contributed by atoms with E-state index in [2.05, 4.69) is 0 Å². The standard InChI is InChI=1S/AsH3O4.Cu/c2-1(3,4)5;/h(H3,2,3,4,5);/q;+1/p-1. The van der Waals surface area contributed by atoms with E-state index in [0.717, 1.165) is 0 Å². The van der Waals surface area contributed by atoms with Crippen molar-refractivity contribution in [2.75, 3.05) is 0 Å². The third-order valence-electron chi connectivity index (χ3n) is 0. The summed E-state index contributed by atoms with van der Waals surface area (Å²) in [6, 6.07) is 0. The quantitative estimate of drug-likeness (QED) is 0.418. The van der Waals surface area contributed by atoms with Crippen LogP contribution in [0.3, 0.4) is 0 Å². The van der Waals surface area contributed by atoms with Gasteiger partial charge in [-0.25, -0.2) is 0 Å². The number of hydrogen-bond acceptors (Lipinski definition) is 2. The van der Waals surface area contributed by atoms with Crippen molar-refractivity contribution in [1.29, 1.82) is 0 Å². The fraction of sp³-hybridized carbons (Fsp3) is 0. The van der Waals surface area contributed by atoms with Gasteiger partial charge < -0.3 is 0 Å². The molecule has 0 aliphatic rings. The van der Waals surface area contributed by atoms with Gasteiger partial charge in [0.25, 0.3) is 0 Å². The van der Waals surface area contributed by atoms with Gasteiger partial charge in [0, 0.05) is 0 Å². The van der Waals surface area contributed by atoms with E-state index in [9.17, 15) is 0 Å². The normalized spacial score (nSPS) is 9.83. The second kappa shape index (κ2) is 2.85. The second-order valence-corrected chi connectivity index (χ2v) is 2.55. The van der Waals surface area contributed by atoms with Crippen LogP contribution in [0, 0.1) is 0 Å². The van der Waals surface area contributed by atoms with Crippen molar-refractivity contribution in [2.45, 2.75) is 0 Å². The third kappa shape index (κ3) is 117. The van der Waals surface area contributed by atoms with Crippen molar-refractivity contribution in [2.24, 2.45) is 0 Å². The minimum absolute atomic E-state index is 0. The van der Waals surface area contributed by atoms with Gasteiger partial charge in [-0.15, -0.1) is 0 Å². The minimum atomic E-state index is -5.38. The Morgan fingerprint density at radius 2 is 1.50 bits per heavy atom. The zero-order valence-electron chi connectivity index (χ0n) is 2.46. The molecule has 0 spiro atoms. The van der Waals surface area contributed by atoms with Crippen molar-refractivity contribution in [3.8, 4) is 0 Å². The van der Waals surface area contributed by atoms with E-state index in [0.29, 0.717) is 0 Å². The van der Waals surface area contributed by atoms with Crippen LogP contribution in [0.4, 0.5) is 0 Å². The Balaban J connectivity index is 0. The molecular formula is H2AsCuO4. The average molecular weight is 204 g/mol. The van der Waals surface area contributed by atoms with Crippen molar-refractivity contribution >= 4 is 14.5 Å². The number of hydrogen-bond donors (Lipinski definition) is 2. The molecule has 0 aliphatic heterocycles. The summed E-state index contributed by atoms with van der Waals surface area (Å²) in [5, 5.41) is 0. The maximum absolute atomic E-state index is 8.83. The topological polar surface area (TPSA) is 80.6 Å². The van der Waals surface area contributed by atoms with Gasteiger partial charge in [-0.3, -0.25) is 0 Å². The van der Waals surface area contributed by atoms with Gasteiger partial charge in [-0.05, 0) is 0 Å². The predicted octanol–water partition coefficient (Wildman–Crippen LogP) is -2.81. The van der Waals surface area contributed by atoms with E-state index in [4.69, 9.17) is 16.0 Å². The van der Waals surface area contributed by atoms with Crippen LogP contribution in [0.15, 0.2) is 0 Å². The molecule has 6 heteroatoms. The SMILES string of the molecule is O=[As]([O-])(O)O.[Cu+]. The van der Waals surface area contributed by atoms with Crippen molar-refractivity contribution in [3.05, 3.63) is 0 Å². The van der Waals surface area contributed by atoms with Crippen LogP contribution in [-0.2, 0) is 20.8 Å². The molecule has 0 aromatic rings. The Kier molecular flexibility index (Phi) is 4.71. The number of rotatable bonds is 0. The van der Waals surface area contributed by atoms with E-state index >= 15 is 0 Å². The van der Waals surface area contributed by atoms with Crippen LogP contribution >= 0.6 is 0 Å². The molecule has 0 radical (unpaired) electrons. The summed E-state index contributed by atoms with van der Waals surface area (Å²) in [6.45, 7) is 0. The third-order valence-corrected chi connectivity index (χ3v) is 0. The van der Waals surface area contributed by atoms with Gasteiger partial charge in [-0.2, -0.15) is 0 Å².